The summed E-state index contributed by atoms with van der Waals surface area (Å²) >= 11 is 1.84. The molecule has 0 amide bonds. The fourth-order valence-corrected chi connectivity index (χ4v) is 2.89. The first-order valence-electron chi connectivity index (χ1n) is 9.33. The van der Waals surface area contributed by atoms with Crippen molar-refractivity contribution >= 4 is 41.7 Å². The Labute approximate surface area is 194 Å². The number of ether oxygens (including phenoxy) is 1. The van der Waals surface area contributed by atoms with E-state index in [-0.39, 0.29) is 24.0 Å². The molecular weight excluding hydrogens is 499 g/mol. The van der Waals surface area contributed by atoms with Crippen LogP contribution in [0.1, 0.15) is 23.6 Å². The molecule has 0 radical (unpaired) electrons. The number of halogens is 1. The molecule has 0 unspecified atom stereocenters. The Morgan fingerprint density at radius 2 is 2.10 bits per heavy atom. The number of nitrogens with one attached hydrogen (secondary N) is 2. The van der Waals surface area contributed by atoms with Crippen LogP contribution in [0, 0.1) is 6.92 Å². The van der Waals surface area contributed by atoms with E-state index in [2.05, 4.69) is 33.7 Å². The Morgan fingerprint density at radius 3 is 2.79 bits per heavy atom. The van der Waals surface area contributed by atoms with Gasteiger partial charge >= 0.3 is 0 Å². The first-order chi connectivity index (χ1) is 13.7. The molecule has 2 rings (SSSR count). The number of benzene rings is 1. The van der Waals surface area contributed by atoms with Gasteiger partial charge in [-0.15, -0.1) is 34.2 Å². The van der Waals surface area contributed by atoms with Crippen LogP contribution in [0.2, 0.25) is 0 Å². The molecular formula is C20H31IN6OS. The molecule has 1 aromatic carbocycles. The predicted octanol–water partition coefficient (Wildman–Crippen LogP) is 3.29. The molecule has 0 bridgehead atoms. The van der Waals surface area contributed by atoms with Crippen LogP contribution in [-0.4, -0.2) is 45.9 Å². The molecule has 9 heteroatoms. The van der Waals surface area contributed by atoms with Gasteiger partial charge in [-0.3, -0.25) is 0 Å². The van der Waals surface area contributed by atoms with Gasteiger partial charge in [-0.25, -0.2) is 4.99 Å². The average molecular weight is 530 g/mol. The topological polar surface area (TPSA) is 76.4 Å². The minimum absolute atomic E-state index is 0. The van der Waals surface area contributed by atoms with Gasteiger partial charge in [0.2, 0.25) is 0 Å². The molecule has 0 spiro atoms. The number of nitrogens with zero attached hydrogens (tertiary/aromatic N) is 4. The van der Waals surface area contributed by atoms with Crippen molar-refractivity contribution in [2.45, 2.75) is 26.4 Å². The summed E-state index contributed by atoms with van der Waals surface area (Å²) in [6.45, 7) is 8.05. The Bertz CT molecular complexity index is 780. The molecule has 7 nitrogen and oxygen atoms in total. The molecule has 1 aromatic heterocycles. The first kappa shape index (κ1) is 25.3. The van der Waals surface area contributed by atoms with Crippen molar-refractivity contribution in [1.29, 1.82) is 0 Å². The smallest absolute Gasteiger partial charge is 0.191 e. The lowest BCUT2D eigenvalue weighted by molar-refractivity contribution is 0.359. The Morgan fingerprint density at radius 1 is 1.31 bits per heavy atom. The molecule has 0 saturated heterocycles. The van der Waals surface area contributed by atoms with Crippen LogP contribution in [-0.2, 0) is 20.1 Å². The van der Waals surface area contributed by atoms with E-state index in [1.54, 1.807) is 6.08 Å². The number of thioether (sulfide) groups is 1. The van der Waals surface area contributed by atoms with Crippen molar-refractivity contribution in [3.8, 4) is 5.75 Å². The lowest BCUT2D eigenvalue weighted by atomic mass is 10.2. The van der Waals surface area contributed by atoms with Crippen LogP contribution in [0.4, 0.5) is 0 Å². The van der Waals surface area contributed by atoms with E-state index < -0.39 is 0 Å². The largest absolute Gasteiger partial charge is 0.489 e. The second-order valence-corrected chi connectivity index (χ2v) is 7.21. The Hall–Kier alpha value is -1.75. The summed E-state index contributed by atoms with van der Waals surface area (Å²) in [4.78, 5) is 4.74. The number of aliphatic imine (C=N–C) groups is 1. The highest BCUT2D eigenvalue weighted by molar-refractivity contribution is 14.0. The molecule has 2 aromatic rings. The maximum atomic E-state index is 5.73. The van der Waals surface area contributed by atoms with Crippen LogP contribution in [0.5, 0.6) is 5.75 Å². The summed E-state index contributed by atoms with van der Waals surface area (Å²) < 4.78 is 7.70. The van der Waals surface area contributed by atoms with Gasteiger partial charge in [0.05, 0.1) is 13.1 Å². The van der Waals surface area contributed by atoms with Crippen LogP contribution in [0.15, 0.2) is 41.9 Å². The van der Waals surface area contributed by atoms with E-state index in [4.69, 9.17) is 9.73 Å². The lowest BCUT2D eigenvalue weighted by Gasteiger charge is -2.13. The zero-order valence-electron chi connectivity index (χ0n) is 17.4. The van der Waals surface area contributed by atoms with Gasteiger partial charge in [-0.2, -0.15) is 11.8 Å². The number of aryl methyl sites for hydroxylation is 1. The van der Waals surface area contributed by atoms with Gasteiger partial charge in [0, 0.05) is 19.2 Å². The molecule has 0 fully saturated rings. The van der Waals surface area contributed by atoms with Gasteiger partial charge in [0.25, 0.3) is 0 Å². The quantitative estimate of drug-likeness (QED) is 0.153. The highest BCUT2D eigenvalue weighted by Crippen LogP contribution is 2.18. The van der Waals surface area contributed by atoms with Gasteiger partial charge < -0.3 is 19.9 Å². The molecule has 2 N–H and O–H groups in total. The maximum absolute atomic E-state index is 5.73. The minimum Gasteiger partial charge on any atom is -0.489 e. The monoisotopic (exact) mass is 530 g/mol. The van der Waals surface area contributed by atoms with Gasteiger partial charge in [-0.05, 0) is 31.4 Å². The molecule has 29 heavy (non-hydrogen) atoms. The molecule has 0 aliphatic heterocycles. The molecule has 0 saturated carbocycles. The van der Waals surface area contributed by atoms with Crippen molar-refractivity contribution < 1.29 is 4.74 Å². The third kappa shape index (κ3) is 8.65. The second-order valence-electron chi connectivity index (χ2n) is 6.22. The third-order valence-corrected chi connectivity index (χ3v) is 4.85. The number of aromatic nitrogens is 3. The van der Waals surface area contributed by atoms with Crippen LogP contribution >= 0.6 is 35.7 Å². The summed E-state index contributed by atoms with van der Waals surface area (Å²) in [6.07, 6.45) is 4.93. The summed E-state index contributed by atoms with van der Waals surface area (Å²) in [5.41, 5.74) is 1.03. The maximum Gasteiger partial charge on any atom is 0.191 e. The first-order valence-corrected chi connectivity index (χ1v) is 10.7. The highest BCUT2D eigenvalue weighted by atomic mass is 127. The third-order valence-electron chi connectivity index (χ3n) is 4.15. The summed E-state index contributed by atoms with van der Waals surface area (Å²) in [5.74, 6) is 4.44. The van der Waals surface area contributed by atoms with Crippen molar-refractivity contribution in [2.24, 2.45) is 12.0 Å². The lowest BCUT2D eigenvalue weighted by Crippen LogP contribution is -2.38. The number of rotatable bonds is 11. The molecule has 160 valence electrons. The van der Waals surface area contributed by atoms with Gasteiger partial charge in [-0.1, -0.05) is 30.9 Å². The minimum atomic E-state index is 0. The van der Waals surface area contributed by atoms with E-state index in [1.807, 2.05) is 54.6 Å². The SMILES string of the molecule is C=CCOc1ccccc1CN=C(NCCCSC)NCc1nnc(C)n1C.I. The van der Waals surface area contributed by atoms with Gasteiger partial charge in [0.15, 0.2) is 11.8 Å². The Balaban J connectivity index is 0.00000420. The fraction of sp³-hybridized carbons (Fsp3) is 0.450. The van der Waals surface area contributed by atoms with E-state index >= 15 is 0 Å². The highest BCUT2D eigenvalue weighted by Gasteiger charge is 2.07. The normalized spacial score (nSPS) is 10.9. The second kappa shape index (κ2) is 14.3. The van der Waals surface area contributed by atoms with Crippen molar-refractivity contribution in [2.75, 3.05) is 25.2 Å². The van der Waals surface area contributed by atoms with E-state index in [9.17, 15) is 0 Å². The molecule has 0 aliphatic carbocycles. The standard InChI is InChI=1S/C20H30N6OS.HI/c1-5-12-27-18-10-7-6-9-17(18)14-22-20(21-11-8-13-28-4)23-15-19-25-24-16(2)26(19)3;/h5-7,9-10H,1,8,11-15H2,2-4H3,(H2,21,22,23);1H. The molecule has 1 heterocycles. The number of guanidine groups is 1. The zero-order chi connectivity index (χ0) is 20.2. The molecule has 0 atom stereocenters. The van der Waals surface area contributed by atoms with Crippen molar-refractivity contribution in [3.63, 3.8) is 0 Å². The summed E-state index contributed by atoms with van der Waals surface area (Å²) in [5, 5.41) is 15.0. The van der Waals surface area contributed by atoms with Crippen molar-refractivity contribution in [3.05, 3.63) is 54.1 Å². The van der Waals surface area contributed by atoms with Crippen LogP contribution < -0.4 is 15.4 Å². The summed E-state index contributed by atoms with van der Waals surface area (Å²) in [6, 6.07) is 7.93. The number of para-hydroxylation sites is 1. The van der Waals surface area contributed by atoms with Gasteiger partial charge in [0.1, 0.15) is 18.2 Å². The van der Waals surface area contributed by atoms with E-state index in [1.165, 1.54) is 0 Å². The number of hydrogen-bond donors (Lipinski definition) is 2. The predicted molar refractivity (Wildman–Crippen MR) is 132 cm³/mol. The van der Waals surface area contributed by atoms with E-state index in [0.717, 1.165) is 47.6 Å². The van der Waals surface area contributed by atoms with Crippen LogP contribution in [0.3, 0.4) is 0 Å². The fourth-order valence-electron chi connectivity index (χ4n) is 2.45. The van der Waals surface area contributed by atoms with Crippen molar-refractivity contribution in [1.82, 2.24) is 25.4 Å². The summed E-state index contributed by atoms with van der Waals surface area (Å²) in [7, 11) is 1.96. The van der Waals surface area contributed by atoms with Crippen LogP contribution in [0.25, 0.3) is 0 Å². The molecule has 0 aliphatic rings. The van der Waals surface area contributed by atoms with E-state index in [0.29, 0.717) is 19.7 Å². The average Bonchev–Trinajstić information content (AvgIpc) is 3.03. The Kier molecular flexibility index (Phi) is 12.4. The zero-order valence-corrected chi connectivity index (χ0v) is 20.5. The number of hydrogen-bond acceptors (Lipinski definition) is 5.